The smallest absolute Gasteiger partial charge is 0.269 e. The summed E-state index contributed by atoms with van der Waals surface area (Å²) in [6, 6.07) is 1.93. The van der Waals surface area contributed by atoms with Crippen LogP contribution >= 0.6 is 0 Å². The first-order chi connectivity index (χ1) is 9.15. The van der Waals surface area contributed by atoms with Crippen LogP contribution < -0.4 is 11.1 Å². The van der Waals surface area contributed by atoms with Gasteiger partial charge in [0.1, 0.15) is 5.69 Å². The number of aromatic nitrogens is 2. The molecule has 0 spiro atoms. The molecule has 5 nitrogen and oxygen atoms in total. The predicted molar refractivity (Wildman–Crippen MR) is 74.9 cm³/mol. The van der Waals surface area contributed by atoms with Crippen molar-refractivity contribution in [3.05, 3.63) is 17.5 Å². The third kappa shape index (κ3) is 3.15. The summed E-state index contributed by atoms with van der Waals surface area (Å²) in [6.45, 7) is 5.10. The average molecular weight is 264 g/mol. The normalized spacial score (nSPS) is 17.6. The number of carbonyl (C=O) groups is 1. The molecule has 1 aliphatic rings. The van der Waals surface area contributed by atoms with Crippen LogP contribution in [0, 0.1) is 12.8 Å². The second-order valence-electron chi connectivity index (χ2n) is 5.35. The topological polar surface area (TPSA) is 72.9 Å². The van der Waals surface area contributed by atoms with Crippen molar-refractivity contribution in [3.63, 3.8) is 0 Å². The molecule has 1 fully saturated rings. The molecule has 0 aliphatic heterocycles. The number of carbonyl (C=O) groups excluding carboxylic acids is 1. The monoisotopic (exact) mass is 264 g/mol. The molecule has 0 radical (unpaired) electrons. The van der Waals surface area contributed by atoms with E-state index in [-0.39, 0.29) is 11.9 Å². The quantitative estimate of drug-likeness (QED) is 0.845. The van der Waals surface area contributed by atoms with E-state index in [2.05, 4.69) is 10.4 Å². The van der Waals surface area contributed by atoms with Crippen molar-refractivity contribution in [2.24, 2.45) is 11.7 Å². The van der Waals surface area contributed by atoms with E-state index in [1.54, 1.807) is 4.68 Å². The zero-order chi connectivity index (χ0) is 13.8. The molecular weight excluding hydrogens is 240 g/mol. The molecule has 0 aromatic carbocycles. The summed E-state index contributed by atoms with van der Waals surface area (Å²) in [5.41, 5.74) is 7.33. The second kappa shape index (κ2) is 6.19. The van der Waals surface area contributed by atoms with Crippen molar-refractivity contribution in [2.45, 2.75) is 52.1 Å². The number of nitrogens with two attached hydrogens (primary N) is 1. The highest BCUT2D eigenvalue weighted by molar-refractivity contribution is 5.92. The molecular formula is C14H24N4O. The first-order valence-corrected chi connectivity index (χ1v) is 7.21. The van der Waals surface area contributed by atoms with Crippen LogP contribution in [0.4, 0.5) is 0 Å². The van der Waals surface area contributed by atoms with Crippen LogP contribution in [0.1, 0.15) is 48.8 Å². The fourth-order valence-electron chi connectivity index (χ4n) is 2.94. The Morgan fingerprint density at radius 1 is 1.58 bits per heavy atom. The minimum Gasteiger partial charge on any atom is -0.346 e. The van der Waals surface area contributed by atoms with Gasteiger partial charge in [0.2, 0.25) is 0 Å². The lowest BCUT2D eigenvalue weighted by Gasteiger charge is -2.23. The summed E-state index contributed by atoms with van der Waals surface area (Å²) in [5.74, 6) is 0.484. The third-order valence-electron chi connectivity index (χ3n) is 3.97. The fourth-order valence-corrected chi connectivity index (χ4v) is 2.94. The number of hydrogen-bond donors (Lipinski definition) is 2. The summed E-state index contributed by atoms with van der Waals surface area (Å²) < 4.78 is 1.74. The van der Waals surface area contributed by atoms with E-state index in [1.165, 1.54) is 25.7 Å². The zero-order valence-electron chi connectivity index (χ0n) is 11.9. The van der Waals surface area contributed by atoms with Gasteiger partial charge in [-0.15, -0.1) is 0 Å². The molecule has 1 amide bonds. The fraction of sp³-hybridized carbons (Fsp3) is 0.714. The Bertz CT molecular complexity index is 435. The maximum absolute atomic E-state index is 12.3. The molecule has 1 aromatic heterocycles. The third-order valence-corrected chi connectivity index (χ3v) is 3.97. The van der Waals surface area contributed by atoms with Gasteiger partial charge in [-0.05, 0) is 38.7 Å². The van der Waals surface area contributed by atoms with Crippen molar-refractivity contribution in [2.75, 3.05) is 6.54 Å². The number of amides is 1. The van der Waals surface area contributed by atoms with E-state index < -0.39 is 0 Å². The molecule has 106 valence electrons. The van der Waals surface area contributed by atoms with Crippen LogP contribution in [-0.2, 0) is 6.54 Å². The van der Waals surface area contributed by atoms with E-state index in [9.17, 15) is 4.79 Å². The van der Waals surface area contributed by atoms with Gasteiger partial charge < -0.3 is 11.1 Å². The predicted octanol–water partition coefficient (Wildman–Crippen LogP) is 1.46. The van der Waals surface area contributed by atoms with Gasteiger partial charge in [-0.1, -0.05) is 12.8 Å². The van der Waals surface area contributed by atoms with Crippen LogP contribution in [-0.4, -0.2) is 28.3 Å². The van der Waals surface area contributed by atoms with Gasteiger partial charge in [0.05, 0.1) is 5.69 Å². The van der Waals surface area contributed by atoms with Crippen LogP contribution in [0.25, 0.3) is 0 Å². The Balaban J connectivity index is 2.06. The van der Waals surface area contributed by atoms with Gasteiger partial charge >= 0.3 is 0 Å². The number of rotatable bonds is 5. The Kier molecular flexibility index (Phi) is 4.58. The lowest BCUT2D eigenvalue weighted by Crippen LogP contribution is -2.45. The second-order valence-corrected chi connectivity index (χ2v) is 5.35. The van der Waals surface area contributed by atoms with E-state index >= 15 is 0 Å². The van der Waals surface area contributed by atoms with Crippen molar-refractivity contribution >= 4 is 5.91 Å². The van der Waals surface area contributed by atoms with Gasteiger partial charge in [0.15, 0.2) is 0 Å². The first kappa shape index (κ1) is 14.1. The van der Waals surface area contributed by atoms with E-state index in [0.717, 1.165) is 5.69 Å². The summed E-state index contributed by atoms with van der Waals surface area (Å²) in [5, 5.41) is 7.39. The van der Waals surface area contributed by atoms with Crippen molar-refractivity contribution < 1.29 is 4.79 Å². The van der Waals surface area contributed by atoms with E-state index in [0.29, 0.717) is 24.7 Å². The Morgan fingerprint density at radius 2 is 2.26 bits per heavy atom. The molecule has 1 aromatic rings. The number of nitrogens with zero attached hydrogens (tertiary/aromatic N) is 2. The lowest BCUT2D eigenvalue weighted by molar-refractivity contribution is 0.0913. The lowest BCUT2D eigenvalue weighted by atomic mass is 9.98. The Morgan fingerprint density at radius 3 is 2.84 bits per heavy atom. The number of nitrogens with one attached hydrogen (secondary N) is 1. The molecule has 2 rings (SSSR count). The Hall–Kier alpha value is -1.36. The SMILES string of the molecule is CCn1nc(C)cc1C(=O)NC(CN)C1CCCC1. The molecule has 5 heteroatoms. The molecule has 0 bridgehead atoms. The summed E-state index contributed by atoms with van der Waals surface area (Å²) in [6.07, 6.45) is 4.86. The maximum atomic E-state index is 12.3. The molecule has 0 saturated heterocycles. The summed E-state index contributed by atoms with van der Waals surface area (Å²) >= 11 is 0. The highest BCUT2D eigenvalue weighted by Gasteiger charge is 2.26. The van der Waals surface area contributed by atoms with Gasteiger partial charge in [0.25, 0.3) is 5.91 Å². The maximum Gasteiger partial charge on any atom is 0.269 e. The number of aryl methyl sites for hydroxylation is 2. The Labute approximate surface area is 114 Å². The van der Waals surface area contributed by atoms with Gasteiger partial charge in [-0.3, -0.25) is 9.48 Å². The molecule has 1 aliphatic carbocycles. The molecule has 1 heterocycles. The van der Waals surface area contributed by atoms with E-state index in [1.807, 2.05) is 19.9 Å². The van der Waals surface area contributed by atoms with Crippen molar-refractivity contribution in [1.29, 1.82) is 0 Å². The molecule has 1 unspecified atom stereocenters. The van der Waals surface area contributed by atoms with Crippen LogP contribution in [0.3, 0.4) is 0 Å². The highest BCUT2D eigenvalue weighted by atomic mass is 16.2. The standard InChI is InChI=1S/C14H24N4O/c1-3-18-13(8-10(2)17-18)14(19)16-12(9-15)11-6-4-5-7-11/h8,11-12H,3-7,9,15H2,1-2H3,(H,16,19). The molecule has 3 N–H and O–H groups in total. The van der Waals surface area contributed by atoms with Gasteiger partial charge in [-0.25, -0.2) is 0 Å². The van der Waals surface area contributed by atoms with Crippen molar-refractivity contribution in [1.82, 2.24) is 15.1 Å². The van der Waals surface area contributed by atoms with Crippen LogP contribution in [0.15, 0.2) is 6.07 Å². The highest BCUT2D eigenvalue weighted by Crippen LogP contribution is 2.27. The molecule has 1 atom stereocenters. The number of hydrogen-bond acceptors (Lipinski definition) is 3. The largest absolute Gasteiger partial charge is 0.346 e. The minimum atomic E-state index is -0.0511. The average Bonchev–Trinajstić information content (AvgIpc) is 3.04. The zero-order valence-corrected chi connectivity index (χ0v) is 11.9. The summed E-state index contributed by atoms with van der Waals surface area (Å²) in [7, 11) is 0. The summed E-state index contributed by atoms with van der Waals surface area (Å²) in [4.78, 5) is 12.3. The minimum absolute atomic E-state index is 0.0511. The van der Waals surface area contributed by atoms with Gasteiger partial charge in [-0.2, -0.15) is 5.10 Å². The van der Waals surface area contributed by atoms with Gasteiger partial charge in [0, 0.05) is 19.1 Å². The van der Waals surface area contributed by atoms with Crippen molar-refractivity contribution in [3.8, 4) is 0 Å². The van der Waals surface area contributed by atoms with E-state index in [4.69, 9.17) is 5.73 Å². The molecule has 1 saturated carbocycles. The van der Waals surface area contributed by atoms with Crippen LogP contribution in [0.5, 0.6) is 0 Å². The first-order valence-electron chi connectivity index (χ1n) is 7.21. The van der Waals surface area contributed by atoms with Crippen LogP contribution in [0.2, 0.25) is 0 Å². The molecule has 19 heavy (non-hydrogen) atoms.